The molecule has 0 heterocycles. The summed E-state index contributed by atoms with van der Waals surface area (Å²) in [7, 11) is 2.06. The van der Waals surface area contributed by atoms with Crippen molar-refractivity contribution in [2.24, 2.45) is 0 Å². The molecule has 2 rings (SSSR count). The topological polar surface area (TPSA) is 24.1 Å². The Morgan fingerprint density at radius 2 is 2.19 bits per heavy atom. The molecule has 0 radical (unpaired) electrons. The zero-order valence-electron chi connectivity index (χ0n) is 10.3. The SMILES string of the molecule is CCNCc1ccc2c(c1)CCC(NC)C2. The van der Waals surface area contributed by atoms with Gasteiger partial charge < -0.3 is 10.6 Å². The van der Waals surface area contributed by atoms with Crippen LogP contribution in [0.2, 0.25) is 0 Å². The molecule has 16 heavy (non-hydrogen) atoms. The van der Waals surface area contributed by atoms with Crippen LogP contribution in [0, 0.1) is 0 Å². The summed E-state index contributed by atoms with van der Waals surface area (Å²) in [5, 5.41) is 6.76. The quantitative estimate of drug-likeness (QED) is 0.806. The molecule has 2 nitrogen and oxygen atoms in total. The van der Waals surface area contributed by atoms with E-state index in [1.165, 1.54) is 30.4 Å². The Balaban J connectivity index is 2.08. The van der Waals surface area contributed by atoms with Gasteiger partial charge in [-0.3, -0.25) is 0 Å². The highest BCUT2D eigenvalue weighted by Crippen LogP contribution is 2.22. The zero-order valence-corrected chi connectivity index (χ0v) is 10.3. The minimum Gasteiger partial charge on any atom is -0.317 e. The Morgan fingerprint density at radius 1 is 1.31 bits per heavy atom. The van der Waals surface area contributed by atoms with Crippen molar-refractivity contribution < 1.29 is 0 Å². The molecule has 0 saturated carbocycles. The molecular weight excluding hydrogens is 196 g/mol. The van der Waals surface area contributed by atoms with Crippen LogP contribution in [0.5, 0.6) is 0 Å². The minimum atomic E-state index is 0.673. The molecule has 0 aliphatic heterocycles. The van der Waals surface area contributed by atoms with Crippen LogP contribution in [0.25, 0.3) is 0 Å². The maximum Gasteiger partial charge on any atom is 0.0205 e. The fourth-order valence-corrected chi connectivity index (χ4v) is 2.43. The summed E-state index contributed by atoms with van der Waals surface area (Å²) >= 11 is 0. The van der Waals surface area contributed by atoms with Crippen LogP contribution in [0.3, 0.4) is 0 Å². The number of rotatable bonds is 4. The summed E-state index contributed by atoms with van der Waals surface area (Å²) in [5.41, 5.74) is 4.51. The monoisotopic (exact) mass is 218 g/mol. The normalized spacial score (nSPS) is 19.5. The van der Waals surface area contributed by atoms with Gasteiger partial charge >= 0.3 is 0 Å². The van der Waals surface area contributed by atoms with Crippen LogP contribution in [0.4, 0.5) is 0 Å². The lowest BCUT2D eigenvalue weighted by atomic mass is 9.87. The Kier molecular flexibility index (Phi) is 3.97. The van der Waals surface area contributed by atoms with Crippen LogP contribution in [-0.4, -0.2) is 19.6 Å². The summed E-state index contributed by atoms with van der Waals surface area (Å²) in [6.07, 6.45) is 3.68. The predicted octanol–water partition coefficient (Wildman–Crippen LogP) is 1.87. The Hall–Kier alpha value is -0.860. The molecule has 0 saturated heterocycles. The van der Waals surface area contributed by atoms with Crippen molar-refractivity contribution in [1.82, 2.24) is 10.6 Å². The highest BCUT2D eigenvalue weighted by Gasteiger charge is 2.16. The second-order valence-corrected chi connectivity index (χ2v) is 4.61. The fraction of sp³-hybridized carbons (Fsp3) is 0.571. The van der Waals surface area contributed by atoms with Gasteiger partial charge in [-0.25, -0.2) is 0 Å². The van der Waals surface area contributed by atoms with Crippen molar-refractivity contribution in [1.29, 1.82) is 0 Å². The summed E-state index contributed by atoms with van der Waals surface area (Å²) < 4.78 is 0. The van der Waals surface area contributed by atoms with E-state index < -0.39 is 0 Å². The van der Waals surface area contributed by atoms with Crippen molar-refractivity contribution in [2.45, 2.75) is 38.8 Å². The number of nitrogens with one attached hydrogen (secondary N) is 2. The maximum absolute atomic E-state index is 3.38. The number of hydrogen-bond donors (Lipinski definition) is 2. The summed E-state index contributed by atoms with van der Waals surface area (Å²) in [6.45, 7) is 4.19. The summed E-state index contributed by atoms with van der Waals surface area (Å²) in [5.74, 6) is 0. The van der Waals surface area contributed by atoms with Gasteiger partial charge in [0.1, 0.15) is 0 Å². The van der Waals surface area contributed by atoms with Gasteiger partial charge in [0.15, 0.2) is 0 Å². The average Bonchev–Trinajstić information content (AvgIpc) is 2.35. The van der Waals surface area contributed by atoms with Crippen molar-refractivity contribution in [3.05, 3.63) is 34.9 Å². The first kappa shape index (κ1) is 11.6. The zero-order chi connectivity index (χ0) is 11.4. The molecular formula is C14H22N2. The Morgan fingerprint density at radius 3 is 2.94 bits per heavy atom. The van der Waals surface area contributed by atoms with Crippen molar-refractivity contribution >= 4 is 0 Å². The second kappa shape index (κ2) is 5.46. The molecule has 1 aromatic carbocycles. The third-order valence-corrected chi connectivity index (χ3v) is 3.49. The van der Waals surface area contributed by atoms with Gasteiger partial charge in [0.25, 0.3) is 0 Å². The first-order chi connectivity index (χ1) is 7.83. The van der Waals surface area contributed by atoms with Crippen LogP contribution >= 0.6 is 0 Å². The van der Waals surface area contributed by atoms with Crippen LogP contribution < -0.4 is 10.6 Å². The van der Waals surface area contributed by atoms with E-state index in [2.05, 4.69) is 42.8 Å². The van der Waals surface area contributed by atoms with Gasteiger partial charge in [0.2, 0.25) is 0 Å². The van der Waals surface area contributed by atoms with Gasteiger partial charge in [-0.15, -0.1) is 0 Å². The van der Waals surface area contributed by atoms with Gasteiger partial charge in [-0.05, 0) is 49.5 Å². The lowest BCUT2D eigenvalue weighted by molar-refractivity contribution is 0.496. The minimum absolute atomic E-state index is 0.673. The molecule has 1 atom stereocenters. The molecule has 0 bridgehead atoms. The van der Waals surface area contributed by atoms with E-state index in [9.17, 15) is 0 Å². The molecule has 1 aliphatic rings. The number of likely N-dealkylation sites (N-methyl/N-ethyl adjacent to an activating group) is 1. The van der Waals surface area contributed by atoms with Gasteiger partial charge in [0, 0.05) is 12.6 Å². The van der Waals surface area contributed by atoms with E-state index in [1.807, 2.05) is 0 Å². The van der Waals surface area contributed by atoms with Gasteiger partial charge in [-0.1, -0.05) is 25.1 Å². The number of hydrogen-bond acceptors (Lipinski definition) is 2. The molecule has 0 spiro atoms. The molecule has 2 N–H and O–H groups in total. The molecule has 88 valence electrons. The number of aryl methyl sites for hydroxylation is 1. The molecule has 1 unspecified atom stereocenters. The Labute approximate surface area is 98.4 Å². The third kappa shape index (κ3) is 2.63. The van der Waals surface area contributed by atoms with Crippen molar-refractivity contribution in [3.63, 3.8) is 0 Å². The van der Waals surface area contributed by atoms with E-state index >= 15 is 0 Å². The second-order valence-electron chi connectivity index (χ2n) is 4.61. The van der Waals surface area contributed by atoms with Gasteiger partial charge in [-0.2, -0.15) is 0 Å². The van der Waals surface area contributed by atoms with E-state index in [1.54, 1.807) is 5.56 Å². The number of benzene rings is 1. The molecule has 0 amide bonds. The Bertz CT molecular complexity index is 347. The standard InChI is InChI=1S/C14H22N2/c1-3-16-10-11-4-5-13-9-14(15-2)7-6-12(13)8-11/h4-5,8,14-16H,3,6-7,9-10H2,1-2H3. The van der Waals surface area contributed by atoms with Crippen LogP contribution in [0.15, 0.2) is 18.2 Å². The lowest BCUT2D eigenvalue weighted by Crippen LogP contribution is -2.31. The molecule has 1 aromatic rings. The molecule has 2 heteroatoms. The molecule has 1 aliphatic carbocycles. The predicted molar refractivity (Wildman–Crippen MR) is 68.7 cm³/mol. The third-order valence-electron chi connectivity index (χ3n) is 3.49. The molecule has 0 aromatic heterocycles. The van der Waals surface area contributed by atoms with E-state index in [-0.39, 0.29) is 0 Å². The van der Waals surface area contributed by atoms with Crippen LogP contribution in [-0.2, 0) is 19.4 Å². The summed E-state index contributed by atoms with van der Waals surface area (Å²) in [4.78, 5) is 0. The summed E-state index contributed by atoms with van der Waals surface area (Å²) in [6, 6.07) is 7.63. The van der Waals surface area contributed by atoms with Gasteiger partial charge in [0.05, 0.1) is 0 Å². The lowest BCUT2D eigenvalue weighted by Gasteiger charge is -2.24. The highest BCUT2D eigenvalue weighted by molar-refractivity contribution is 5.34. The molecule has 0 fully saturated rings. The van der Waals surface area contributed by atoms with E-state index in [0.29, 0.717) is 6.04 Å². The van der Waals surface area contributed by atoms with Crippen molar-refractivity contribution in [2.75, 3.05) is 13.6 Å². The van der Waals surface area contributed by atoms with Crippen LogP contribution in [0.1, 0.15) is 30.0 Å². The van der Waals surface area contributed by atoms with E-state index in [0.717, 1.165) is 13.1 Å². The highest BCUT2D eigenvalue weighted by atomic mass is 14.9. The maximum atomic E-state index is 3.38. The smallest absolute Gasteiger partial charge is 0.0205 e. The first-order valence-electron chi connectivity index (χ1n) is 6.32. The van der Waals surface area contributed by atoms with E-state index in [4.69, 9.17) is 0 Å². The number of fused-ring (bicyclic) bond motifs is 1. The fourth-order valence-electron chi connectivity index (χ4n) is 2.43. The largest absolute Gasteiger partial charge is 0.317 e. The first-order valence-corrected chi connectivity index (χ1v) is 6.32. The average molecular weight is 218 g/mol. The van der Waals surface area contributed by atoms with Crippen molar-refractivity contribution in [3.8, 4) is 0 Å².